The van der Waals surface area contributed by atoms with Crippen molar-refractivity contribution in [2.45, 2.75) is 10.3 Å². The second-order valence-electron chi connectivity index (χ2n) is 7.61. The monoisotopic (exact) mass is 441 g/mol. The summed E-state index contributed by atoms with van der Waals surface area (Å²) in [6, 6.07) is 28.1. The second-order valence-corrected chi connectivity index (χ2v) is 8.71. The van der Waals surface area contributed by atoms with Crippen LogP contribution >= 0.6 is 11.8 Å². The summed E-state index contributed by atoms with van der Waals surface area (Å²) in [5.74, 6) is 0.0857. The van der Waals surface area contributed by atoms with Gasteiger partial charge in [0, 0.05) is 29.4 Å². The molecule has 0 N–H and O–H groups in total. The van der Waals surface area contributed by atoms with Gasteiger partial charge in [-0.05, 0) is 5.56 Å². The first-order valence-corrected chi connectivity index (χ1v) is 11.6. The molecule has 5 nitrogen and oxygen atoms in total. The lowest BCUT2D eigenvalue weighted by molar-refractivity contribution is -0.134. The molecule has 1 fully saturated rings. The molecule has 5 rings (SSSR count). The molecule has 1 atom stereocenters. The highest BCUT2D eigenvalue weighted by Gasteiger charge is 2.29. The van der Waals surface area contributed by atoms with Crippen molar-refractivity contribution >= 4 is 28.4 Å². The summed E-state index contributed by atoms with van der Waals surface area (Å²) in [5, 5.41) is 11.6. The highest BCUT2D eigenvalue weighted by molar-refractivity contribution is 8.00. The Bertz CT molecular complexity index is 1210. The van der Waals surface area contributed by atoms with E-state index in [2.05, 4.69) is 22.3 Å². The molecule has 0 bridgehead atoms. The Morgan fingerprint density at radius 2 is 1.44 bits per heavy atom. The molecule has 3 aromatic carbocycles. The van der Waals surface area contributed by atoms with Crippen LogP contribution in [0.15, 0.2) is 90.0 Å². The van der Waals surface area contributed by atoms with Gasteiger partial charge in [-0.3, -0.25) is 4.79 Å². The number of thioether (sulfide) groups is 1. The third-order valence-electron chi connectivity index (χ3n) is 5.58. The van der Waals surface area contributed by atoms with Crippen molar-refractivity contribution in [1.29, 1.82) is 0 Å². The number of hydrogen-bond acceptors (Lipinski definition) is 5. The summed E-state index contributed by atoms with van der Waals surface area (Å²) in [7, 11) is 0. The number of morpholine rings is 1. The van der Waals surface area contributed by atoms with E-state index in [1.54, 1.807) is 0 Å². The van der Waals surface area contributed by atoms with E-state index in [-0.39, 0.29) is 5.91 Å². The van der Waals surface area contributed by atoms with Crippen LogP contribution in [0.25, 0.3) is 22.0 Å². The molecule has 160 valence electrons. The van der Waals surface area contributed by atoms with E-state index in [0.717, 1.165) is 32.6 Å². The van der Waals surface area contributed by atoms with Gasteiger partial charge < -0.3 is 9.64 Å². The molecule has 1 aromatic heterocycles. The van der Waals surface area contributed by atoms with Gasteiger partial charge in [-0.25, -0.2) is 0 Å². The van der Waals surface area contributed by atoms with Crippen molar-refractivity contribution < 1.29 is 9.53 Å². The molecule has 4 aromatic rings. The smallest absolute Gasteiger partial charge is 0.240 e. The minimum Gasteiger partial charge on any atom is -0.378 e. The van der Waals surface area contributed by atoms with E-state index < -0.39 is 5.25 Å². The largest absolute Gasteiger partial charge is 0.378 e. The van der Waals surface area contributed by atoms with Crippen LogP contribution in [0.2, 0.25) is 0 Å². The van der Waals surface area contributed by atoms with Crippen LogP contribution in [0, 0.1) is 0 Å². The number of ether oxygens (including phenoxy) is 1. The molecule has 1 aliphatic rings. The first kappa shape index (κ1) is 20.7. The van der Waals surface area contributed by atoms with Gasteiger partial charge in [0.1, 0.15) is 16.0 Å². The Hall–Kier alpha value is -3.22. The van der Waals surface area contributed by atoms with Crippen LogP contribution in [0.4, 0.5) is 0 Å². The van der Waals surface area contributed by atoms with E-state index in [9.17, 15) is 4.79 Å². The molecular formula is C26H23N3O2S. The number of hydrogen-bond donors (Lipinski definition) is 0. The van der Waals surface area contributed by atoms with Crippen molar-refractivity contribution in [3.8, 4) is 11.3 Å². The topological polar surface area (TPSA) is 55.3 Å². The minimum atomic E-state index is -0.394. The van der Waals surface area contributed by atoms with Gasteiger partial charge in [-0.2, -0.15) is 0 Å². The molecule has 1 aliphatic heterocycles. The van der Waals surface area contributed by atoms with E-state index in [4.69, 9.17) is 4.74 Å². The molecule has 0 saturated carbocycles. The Labute approximate surface area is 191 Å². The molecule has 0 spiro atoms. The standard InChI is InChI=1S/C26H23N3O2S/c30-26(29-15-17-31-18-16-29)24(20-11-5-2-6-12-20)32-25-22-14-8-7-13-21(22)23(27-28-25)19-9-3-1-4-10-19/h1-14,24H,15-18H2. The number of amides is 1. The average molecular weight is 442 g/mol. The van der Waals surface area contributed by atoms with E-state index in [1.807, 2.05) is 77.7 Å². The van der Waals surface area contributed by atoms with Crippen molar-refractivity contribution in [2.24, 2.45) is 0 Å². The van der Waals surface area contributed by atoms with Gasteiger partial charge in [0.2, 0.25) is 5.91 Å². The van der Waals surface area contributed by atoms with Crippen LogP contribution in [-0.4, -0.2) is 47.3 Å². The zero-order valence-electron chi connectivity index (χ0n) is 17.6. The number of nitrogens with zero attached hydrogens (tertiary/aromatic N) is 3. The fourth-order valence-corrected chi connectivity index (χ4v) is 5.08. The van der Waals surface area contributed by atoms with Crippen molar-refractivity contribution in [3.63, 3.8) is 0 Å². The quantitative estimate of drug-likeness (QED) is 0.409. The highest BCUT2D eigenvalue weighted by atomic mass is 32.2. The summed E-state index contributed by atoms with van der Waals surface area (Å²) < 4.78 is 5.44. The van der Waals surface area contributed by atoms with Gasteiger partial charge >= 0.3 is 0 Å². The Balaban J connectivity index is 1.55. The molecular weight excluding hydrogens is 418 g/mol. The van der Waals surface area contributed by atoms with Gasteiger partial charge in [0.25, 0.3) is 0 Å². The SMILES string of the molecule is O=C(C(Sc1nnc(-c2ccccc2)c2ccccc12)c1ccccc1)N1CCOCC1. The van der Waals surface area contributed by atoms with Crippen LogP contribution in [0.5, 0.6) is 0 Å². The van der Waals surface area contributed by atoms with Crippen LogP contribution < -0.4 is 0 Å². The summed E-state index contributed by atoms with van der Waals surface area (Å²) in [4.78, 5) is 15.4. The van der Waals surface area contributed by atoms with E-state index >= 15 is 0 Å². The molecule has 0 aliphatic carbocycles. The Morgan fingerprint density at radius 3 is 2.16 bits per heavy atom. The normalized spacial score (nSPS) is 14.9. The summed E-state index contributed by atoms with van der Waals surface area (Å²) in [6.07, 6.45) is 0. The maximum absolute atomic E-state index is 13.5. The number of benzene rings is 3. The molecule has 1 saturated heterocycles. The van der Waals surface area contributed by atoms with Gasteiger partial charge in [0.05, 0.1) is 13.2 Å². The number of aromatic nitrogens is 2. The molecule has 1 amide bonds. The predicted molar refractivity (Wildman–Crippen MR) is 127 cm³/mol. The zero-order valence-corrected chi connectivity index (χ0v) is 18.4. The van der Waals surface area contributed by atoms with Crippen molar-refractivity contribution in [2.75, 3.05) is 26.3 Å². The number of carbonyl (C=O) groups excluding carboxylic acids is 1. The lowest BCUT2D eigenvalue weighted by atomic mass is 10.1. The van der Waals surface area contributed by atoms with Gasteiger partial charge in [-0.1, -0.05) is 96.7 Å². The average Bonchev–Trinajstić information content (AvgIpc) is 2.88. The summed E-state index contributed by atoms with van der Waals surface area (Å²) >= 11 is 1.47. The first-order valence-electron chi connectivity index (χ1n) is 10.7. The lowest BCUT2D eigenvalue weighted by Crippen LogP contribution is -2.42. The molecule has 0 radical (unpaired) electrons. The zero-order chi connectivity index (χ0) is 21.8. The Morgan fingerprint density at radius 1 is 0.812 bits per heavy atom. The lowest BCUT2D eigenvalue weighted by Gasteiger charge is -2.30. The molecule has 2 heterocycles. The summed E-state index contributed by atoms with van der Waals surface area (Å²) in [6.45, 7) is 2.38. The molecule has 1 unspecified atom stereocenters. The highest BCUT2D eigenvalue weighted by Crippen LogP contribution is 2.40. The van der Waals surface area contributed by atoms with Crippen molar-refractivity contribution in [3.05, 3.63) is 90.5 Å². The fraction of sp³-hybridized carbons (Fsp3) is 0.192. The number of carbonyl (C=O) groups is 1. The van der Waals surface area contributed by atoms with Crippen LogP contribution in [0.1, 0.15) is 10.8 Å². The third kappa shape index (κ3) is 4.24. The molecule has 32 heavy (non-hydrogen) atoms. The van der Waals surface area contributed by atoms with Crippen molar-refractivity contribution in [1.82, 2.24) is 15.1 Å². The number of rotatable bonds is 5. The molecule has 6 heteroatoms. The number of fused-ring (bicyclic) bond motifs is 1. The third-order valence-corrected chi connectivity index (χ3v) is 6.81. The Kier molecular flexibility index (Phi) is 6.14. The van der Waals surface area contributed by atoms with Gasteiger partial charge in [-0.15, -0.1) is 10.2 Å². The predicted octanol–water partition coefficient (Wildman–Crippen LogP) is 4.99. The maximum atomic E-state index is 13.5. The first-order chi connectivity index (χ1) is 15.8. The van der Waals surface area contributed by atoms with Crippen LogP contribution in [-0.2, 0) is 9.53 Å². The minimum absolute atomic E-state index is 0.0857. The second kappa shape index (κ2) is 9.51. The van der Waals surface area contributed by atoms with Crippen LogP contribution in [0.3, 0.4) is 0 Å². The van der Waals surface area contributed by atoms with E-state index in [0.29, 0.717) is 26.3 Å². The van der Waals surface area contributed by atoms with E-state index in [1.165, 1.54) is 11.8 Å². The fourth-order valence-electron chi connectivity index (χ4n) is 3.93. The maximum Gasteiger partial charge on any atom is 0.240 e. The van der Waals surface area contributed by atoms with Gasteiger partial charge in [0.15, 0.2) is 0 Å². The summed E-state index contributed by atoms with van der Waals surface area (Å²) in [5.41, 5.74) is 2.84.